The number of ether oxygens (including phenoxy) is 2. The second kappa shape index (κ2) is 11.1. The van der Waals surface area contributed by atoms with Gasteiger partial charge < -0.3 is 25.0 Å². The van der Waals surface area contributed by atoms with Gasteiger partial charge in [-0.25, -0.2) is 9.59 Å². The highest BCUT2D eigenvalue weighted by Crippen LogP contribution is 2.22. The maximum atomic E-state index is 12.6. The molecule has 0 saturated heterocycles. The molecule has 9 nitrogen and oxygen atoms in total. The molecule has 1 unspecified atom stereocenters. The summed E-state index contributed by atoms with van der Waals surface area (Å²) in [5.41, 5.74) is 1.10. The van der Waals surface area contributed by atoms with Crippen molar-refractivity contribution in [1.29, 1.82) is 0 Å². The first-order valence-corrected chi connectivity index (χ1v) is 9.15. The number of esters is 1. The summed E-state index contributed by atoms with van der Waals surface area (Å²) in [5.74, 6) is -3.08. The Kier molecular flexibility index (Phi) is 8.32. The first-order chi connectivity index (χ1) is 14.8. The molecule has 162 valence electrons. The molecule has 2 aromatic carbocycles. The van der Waals surface area contributed by atoms with Crippen LogP contribution in [-0.4, -0.2) is 47.7 Å². The van der Waals surface area contributed by atoms with E-state index in [9.17, 15) is 19.2 Å². The van der Waals surface area contributed by atoms with Crippen LogP contribution in [0.3, 0.4) is 0 Å². The summed E-state index contributed by atoms with van der Waals surface area (Å²) >= 11 is 0. The highest BCUT2D eigenvalue weighted by atomic mass is 16.5. The molecule has 0 saturated carbocycles. The molecule has 0 radical (unpaired) electrons. The summed E-state index contributed by atoms with van der Waals surface area (Å²) in [4.78, 5) is 46.5. The Labute approximate surface area is 177 Å². The van der Waals surface area contributed by atoms with Crippen molar-refractivity contribution >= 4 is 29.9 Å². The minimum absolute atomic E-state index is 0.135. The molecule has 0 heterocycles. The van der Waals surface area contributed by atoms with Gasteiger partial charge in [-0.15, -0.1) is 0 Å². The topological polar surface area (TPSA) is 139 Å². The Bertz CT molecular complexity index is 964. The second-order valence-electron chi connectivity index (χ2n) is 6.29. The lowest BCUT2D eigenvalue weighted by molar-refractivity contribution is -0.137. The zero-order valence-corrected chi connectivity index (χ0v) is 16.6. The molecule has 2 aromatic rings. The number of carbonyl (C=O) groups excluding carboxylic acids is 2. The summed E-state index contributed by atoms with van der Waals surface area (Å²) in [6.07, 6.45) is 0.719. The number of carboxylic acid groups (broad SMARTS) is 2. The van der Waals surface area contributed by atoms with E-state index in [0.717, 1.165) is 6.08 Å². The van der Waals surface area contributed by atoms with Gasteiger partial charge >= 0.3 is 17.9 Å². The third-order valence-electron chi connectivity index (χ3n) is 4.08. The van der Waals surface area contributed by atoms with Gasteiger partial charge in [0.15, 0.2) is 0 Å². The summed E-state index contributed by atoms with van der Waals surface area (Å²) < 4.78 is 10.4. The Hall–Kier alpha value is -4.14. The van der Waals surface area contributed by atoms with Crippen LogP contribution in [0.1, 0.15) is 34.0 Å². The maximum absolute atomic E-state index is 12.6. The molecule has 2 rings (SSSR count). The van der Waals surface area contributed by atoms with Crippen LogP contribution in [-0.2, 0) is 19.1 Å². The summed E-state index contributed by atoms with van der Waals surface area (Å²) in [6, 6.07) is 12.3. The van der Waals surface area contributed by atoms with E-state index >= 15 is 0 Å². The molecule has 0 aliphatic rings. The minimum atomic E-state index is -1.33. The van der Waals surface area contributed by atoms with Crippen LogP contribution in [0.15, 0.2) is 54.6 Å². The van der Waals surface area contributed by atoms with Crippen molar-refractivity contribution < 1.29 is 38.9 Å². The molecule has 0 aromatic heterocycles. The van der Waals surface area contributed by atoms with Gasteiger partial charge in [0.25, 0.3) is 5.91 Å². The normalized spacial score (nSPS) is 11.5. The third-order valence-corrected chi connectivity index (χ3v) is 4.08. The molecular formula is C22H21NO8. The number of rotatable bonds is 10. The molecule has 0 spiro atoms. The van der Waals surface area contributed by atoms with Crippen LogP contribution in [0.25, 0.3) is 6.08 Å². The molecule has 0 aliphatic carbocycles. The van der Waals surface area contributed by atoms with Crippen LogP contribution < -0.4 is 10.1 Å². The predicted molar refractivity (Wildman–Crippen MR) is 110 cm³/mol. The number of carboxylic acids is 2. The molecular weight excluding hydrogens is 406 g/mol. The molecule has 1 amide bonds. The number of carbonyl (C=O) groups is 4. The smallest absolute Gasteiger partial charge is 0.339 e. The molecule has 0 aliphatic heterocycles. The van der Waals surface area contributed by atoms with E-state index in [1.807, 2.05) is 0 Å². The lowest BCUT2D eigenvalue weighted by Crippen LogP contribution is -2.33. The second-order valence-corrected chi connectivity index (χ2v) is 6.29. The van der Waals surface area contributed by atoms with Gasteiger partial charge in [0, 0.05) is 18.2 Å². The number of hydrogen-bond donors (Lipinski definition) is 3. The lowest BCUT2D eigenvalue weighted by atomic mass is 10.1. The largest absolute Gasteiger partial charge is 0.497 e. The van der Waals surface area contributed by atoms with Crippen molar-refractivity contribution in [1.82, 2.24) is 5.32 Å². The van der Waals surface area contributed by atoms with Gasteiger partial charge in [0.2, 0.25) is 6.10 Å². The zero-order valence-electron chi connectivity index (χ0n) is 16.6. The molecule has 31 heavy (non-hydrogen) atoms. The number of aliphatic carboxylic acids is 2. The summed E-state index contributed by atoms with van der Waals surface area (Å²) in [6.45, 7) is -0.135. The first kappa shape index (κ1) is 23.1. The van der Waals surface area contributed by atoms with E-state index in [1.54, 1.807) is 24.3 Å². The van der Waals surface area contributed by atoms with Crippen LogP contribution >= 0.6 is 0 Å². The highest BCUT2D eigenvalue weighted by molar-refractivity contribution is 5.93. The van der Waals surface area contributed by atoms with Gasteiger partial charge in [-0.3, -0.25) is 9.59 Å². The fourth-order valence-corrected chi connectivity index (χ4v) is 2.51. The van der Waals surface area contributed by atoms with Crippen molar-refractivity contribution in [3.05, 3.63) is 71.3 Å². The van der Waals surface area contributed by atoms with Crippen molar-refractivity contribution in [3.8, 4) is 5.75 Å². The van der Waals surface area contributed by atoms with Gasteiger partial charge in [0.05, 0.1) is 19.1 Å². The van der Waals surface area contributed by atoms with Crippen molar-refractivity contribution in [2.24, 2.45) is 0 Å². The van der Waals surface area contributed by atoms with E-state index in [0.29, 0.717) is 16.9 Å². The number of methoxy groups -OCH3 is 1. The molecule has 3 N–H and O–H groups in total. The van der Waals surface area contributed by atoms with Gasteiger partial charge in [-0.2, -0.15) is 0 Å². The van der Waals surface area contributed by atoms with Crippen molar-refractivity contribution in [2.45, 2.75) is 12.5 Å². The summed E-state index contributed by atoms with van der Waals surface area (Å²) in [7, 11) is 1.49. The Morgan fingerprint density at radius 2 is 1.65 bits per heavy atom. The van der Waals surface area contributed by atoms with Gasteiger partial charge in [-0.1, -0.05) is 24.3 Å². The minimum Gasteiger partial charge on any atom is -0.497 e. The van der Waals surface area contributed by atoms with Crippen molar-refractivity contribution in [3.63, 3.8) is 0 Å². The Morgan fingerprint density at radius 3 is 2.19 bits per heavy atom. The molecule has 0 fully saturated rings. The van der Waals surface area contributed by atoms with Crippen LogP contribution in [0.4, 0.5) is 0 Å². The Morgan fingerprint density at radius 1 is 1.00 bits per heavy atom. The average Bonchev–Trinajstić information content (AvgIpc) is 2.76. The van der Waals surface area contributed by atoms with E-state index in [2.05, 4.69) is 5.32 Å². The van der Waals surface area contributed by atoms with Gasteiger partial charge in [-0.05, 0) is 35.9 Å². The maximum Gasteiger partial charge on any atom is 0.339 e. The first-order valence-electron chi connectivity index (χ1n) is 9.15. The molecule has 0 bridgehead atoms. The Balaban J connectivity index is 2.22. The number of benzene rings is 2. The zero-order chi connectivity index (χ0) is 22.8. The molecule has 9 heteroatoms. The third kappa shape index (κ3) is 7.32. The quantitative estimate of drug-likeness (QED) is 0.388. The van der Waals surface area contributed by atoms with Crippen LogP contribution in [0.5, 0.6) is 5.75 Å². The summed E-state index contributed by atoms with van der Waals surface area (Å²) in [5, 5.41) is 19.9. The predicted octanol–water partition coefficient (Wildman–Crippen LogP) is 2.28. The average molecular weight is 427 g/mol. The monoisotopic (exact) mass is 427 g/mol. The fourth-order valence-electron chi connectivity index (χ4n) is 2.51. The number of nitrogens with one attached hydrogen (secondary N) is 1. The van der Waals surface area contributed by atoms with E-state index in [-0.39, 0.29) is 18.5 Å². The highest BCUT2D eigenvalue weighted by Gasteiger charge is 2.25. The van der Waals surface area contributed by atoms with E-state index in [1.165, 1.54) is 37.5 Å². The van der Waals surface area contributed by atoms with Crippen molar-refractivity contribution in [2.75, 3.05) is 13.7 Å². The van der Waals surface area contributed by atoms with E-state index < -0.39 is 29.9 Å². The lowest BCUT2D eigenvalue weighted by Gasteiger charge is -2.18. The van der Waals surface area contributed by atoms with Crippen LogP contribution in [0, 0.1) is 0 Å². The van der Waals surface area contributed by atoms with E-state index in [4.69, 9.17) is 19.7 Å². The SMILES string of the molecule is COc1ccc(C(=O)OC(C(=O)NCCC(=O)O)c2ccc(/C=C/C(=O)O)cc2)cc1. The van der Waals surface area contributed by atoms with Crippen LogP contribution in [0.2, 0.25) is 0 Å². The standard InChI is InChI=1S/C22H21NO8/c1-30-17-9-7-16(8-10-17)22(29)31-20(21(28)23-13-12-19(26)27)15-5-2-14(3-6-15)4-11-18(24)25/h2-11,20H,12-13H2,1H3,(H,23,28)(H,24,25)(H,26,27)/b11-4+. The van der Waals surface area contributed by atoms with Gasteiger partial charge in [0.1, 0.15) is 5.75 Å². The number of hydrogen-bond acceptors (Lipinski definition) is 6. The number of amides is 1. The fraction of sp³-hybridized carbons (Fsp3) is 0.182. The molecule has 1 atom stereocenters.